The largest absolute Gasteiger partial charge is 0.354 e. The van der Waals surface area contributed by atoms with Crippen LogP contribution >= 0.6 is 0 Å². The molecule has 1 saturated carbocycles. The van der Waals surface area contributed by atoms with E-state index < -0.39 is 0 Å². The van der Waals surface area contributed by atoms with Crippen LogP contribution in [0.25, 0.3) is 0 Å². The van der Waals surface area contributed by atoms with Crippen molar-refractivity contribution in [3.63, 3.8) is 0 Å². The number of carbonyl (C=O) groups is 1. The molecule has 2 N–H and O–H groups in total. The summed E-state index contributed by atoms with van der Waals surface area (Å²) in [6, 6.07) is -0.0111. The molecule has 1 heterocycles. The van der Waals surface area contributed by atoms with Crippen LogP contribution in [0.2, 0.25) is 0 Å². The van der Waals surface area contributed by atoms with Gasteiger partial charge in [0.25, 0.3) is 0 Å². The summed E-state index contributed by atoms with van der Waals surface area (Å²) < 4.78 is 0. The number of carbonyl (C=O) groups excluding carboxylic acids is 1. The van der Waals surface area contributed by atoms with Gasteiger partial charge in [-0.25, -0.2) is 0 Å². The van der Waals surface area contributed by atoms with E-state index in [0.29, 0.717) is 5.92 Å². The summed E-state index contributed by atoms with van der Waals surface area (Å²) in [6.07, 6.45) is 6.25. The highest BCUT2D eigenvalue weighted by atomic mass is 16.2. The fraction of sp³-hybridized carbons (Fsp3) is 0.933. The van der Waals surface area contributed by atoms with E-state index in [4.69, 9.17) is 0 Å². The Hall–Kier alpha value is -0.570. The molecule has 3 nitrogen and oxygen atoms in total. The van der Waals surface area contributed by atoms with Crippen LogP contribution in [0.5, 0.6) is 0 Å². The van der Waals surface area contributed by atoms with Gasteiger partial charge in [-0.2, -0.15) is 0 Å². The Morgan fingerprint density at radius 1 is 1.33 bits per heavy atom. The second kappa shape index (κ2) is 5.60. The van der Waals surface area contributed by atoms with Crippen LogP contribution < -0.4 is 10.6 Å². The van der Waals surface area contributed by atoms with Crippen molar-refractivity contribution in [3.8, 4) is 0 Å². The van der Waals surface area contributed by atoms with Crippen LogP contribution in [-0.2, 0) is 4.79 Å². The predicted molar refractivity (Wildman–Crippen MR) is 74.3 cm³/mol. The Morgan fingerprint density at radius 3 is 2.72 bits per heavy atom. The van der Waals surface area contributed by atoms with E-state index in [1.54, 1.807) is 0 Å². The molecule has 3 heteroatoms. The highest BCUT2D eigenvalue weighted by Crippen LogP contribution is 2.32. The lowest BCUT2D eigenvalue weighted by Crippen LogP contribution is -2.56. The van der Waals surface area contributed by atoms with Crippen LogP contribution in [-0.4, -0.2) is 25.0 Å². The average Bonchev–Trinajstić information content (AvgIpc) is 2.71. The molecule has 0 aromatic rings. The van der Waals surface area contributed by atoms with Crippen molar-refractivity contribution in [2.24, 2.45) is 17.3 Å². The van der Waals surface area contributed by atoms with Crippen LogP contribution in [0.15, 0.2) is 0 Å². The Morgan fingerprint density at radius 2 is 2.11 bits per heavy atom. The van der Waals surface area contributed by atoms with Crippen LogP contribution in [0.3, 0.4) is 0 Å². The molecule has 2 aliphatic rings. The maximum atomic E-state index is 12.3. The molecule has 18 heavy (non-hydrogen) atoms. The van der Waals surface area contributed by atoms with Crippen molar-refractivity contribution >= 4 is 5.91 Å². The van der Waals surface area contributed by atoms with Gasteiger partial charge in [-0.3, -0.25) is 4.79 Å². The maximum absolute atomic E-state index is 12.3. The summed E-state index contributed by atoms with van der Waals surface area (Å²) in [6.45, 7) is 8.55. The van der Waals surface area contributed by atoms with E-state index in [9.17, 15) is 4.79 Å². The van der Waals surface area contributed by atoms with E-state index >= 15 is 0 Å². The number of rotatable bonds is 3. The standard InChI is InChI=1S/C15H28N2O/c1-11-6-4-7-12(11)10-17-14(18)13-15(2,3)8-5-9-16-13/h11-13,16H,4-10H2,1-3H3,(H,17,18). The van der Waals surface area contributed by atoms with Gasteiger partial charge in [-0.15, -0.1) is 0 Å². The van der Waals surface area contributed by atoms with Crippen molar-refractivity contribution in [3.05, 3.63) is 0 Å². The van der Waals surface area contributed by atoms with E-state index in [-0.39, 0.29) is 17.4 Å². The molecular formula is C15H28N2O. The van der Waals surface area contributed by atoms with E-state index in [0.717, 1.165) is 25.4 Å². The van der Waals surface area contributed by atoms with Gasteiger partial charge in [-0.1, -0.05) is 33.6 Å². The minimum absolute atomic E-state index is 0.0111. The molecule has 0 aromatic heterocycles. The third-order valence-electron chi connectivity index (χ3n) is 4.97. The molecule has 0 radical (unpaired) electrons. The predicted octanol–water partition coefficient (Wildman–Crippen LogP) is 2.32. The number of nitrogens with one attached hydrogen (secondary N) is 2. The zero-order valence-electron chi connectivity index (χ0n) is 12.1. The molecule has 1 amide bonds. The van der Waals surface area contributed by atoms with Crippen LogP contribution in [0, 0.1) is 17.3 Å². The first-order valence-electron chi connectivity index (χ1n) is 7.52. The van der Waals surface area contributed by atoms with Gasteiger partial charge < -0.3 is 10.6 Å². The number of hydrogen-bond donors (Lipinski definition) is 2. The molecule has 2 rings (SSSR count). The minimum Gasteiger partial charge on any atom is -0.354 e. The molecule has 3 atom stereocenters. The fourth-order valence-electron chi connectivity index (χ4n) is 3.52. The molecule has 3 unspecified atom stereocenters. The second-order valence-electron chi connectivity index (χ2n) is 6.89. The highest BCUT2D eigenvalue weighted by molar-refractivity contribution is 5.82. The summed E-state index contributed by atoms with van der Waals surface area (Å²) in [7, 11) is 0. The molecule has 0 aromatic carbocycles. The average molecular weight is 252 g/mol. The Kier molecular flexibility index (Phi) is 4.31. The molecular weight excluding hydrogens is 224 g/mol. The Balaban J connectivity index is 1.83. The lowest BCUT2D eigenvalue weighted by atomic mass is 9.77. The van der Waals surface area contributed by atoms with Gasteiger partial charge in [0.1, 0.15) is 0 Å². The Labute approximate surface area is 111 Å². The van der Waals surface area contributed by atoms with Gasteiger partial charge >= 0.3 is 0 Å². The summed E-state index contributed by atoms with van der Waals surface area (Å²) in [5.74, 6) is 1.68. The summed E-state index contributed by atoms with van der Waals surface area (Å²) in [4.78, 5) is 12.3. The van der Waals surface area contributed by atoms with Crippen molar-refractivity contribution in [2.45, 2.75) is 58.9 Å². The molecule has 1 aliphatic carbocycles. The lowest BCUT2D eigenvalue weighted by molar-refractivity contribution is -0.127. The van der Waals surface area contributed by atoms with Crippen molar-refractivity contribution in [1.82, 2.24) is 10.6 Å². The van der Waals surface area contributed by atoms with Gasteiger partial charge in [0, 0.05) is 6.54 Å². The zero-order valence-corrected chi connectivity index (χ0v) is 12.1. The van der Waals surface area contributed by atoms with Gasteiger partial charge in [0.2, 0.25) is 5.91 Å². The van der Waals surface area contributed by atoms with Crippen molar-refractivity contribution in [2.75, 3.05) is 13.1 Å². The first-order valence-corrected chi connectivity index (χ1v) is 7.52. The van der Waals surface area contributed by atoms with Crippen molar-refractivity contribution in [1.29, 1.82) is 0 Å². The topological polar surface area (TPSA) is 41.1 Å². The summed E-state index contributed by atoms with van der Waals surface area (Å²) >= 11 is 0. The first-order chi connectivity index (χ1) is 8.50. The van der Waals surface area contributed by atoms with Gasteiger partial charge in [0.15, 0.2) is 0 Å². The lowest BCUT2D eigenvalue weighted by Gasteiger charge is -2.38. The SMILES string of the molecule is CC1CCCC1CNC(=O)C1NCCCC1(C)C. The fourth-order valence-corrected chi connectivity index (χ4v) is 3.52. The monoisotopic (exact) mass is 252 g/mol. The summed E-state index contributed by atoms with van der Waals surface area (Å²) in [5, 5.41) is 6.56. The van der Waals surface area contributed by atoms with Gasteiger partial charge in [-0.05, 0) is 43.1 Å². The van der Waals surface area contributed by atoms with Crippen LogP contribution in [0.1, 0.15) is 52.9 Å². The number of hydrogen-bond acceptors (Lipinski definition) is 2. The quantitative estimate of drug-likeness (QED) is 0.809. The molecule has 0 bridgehead atoms. The normalized spacial score (nSPS) is 35.4. The van der Waals surface area contributed by atoms with E-state index in [2.05, 4.69) is 31.4 Å². The summed E-state index contributed by atoms with van der Waals surface area (Å²) in [5.41, 5.74) is 0.0869. The first kappa shape index (κ1) is 13.9. The molecule has 0 spiro atoms. The van der Waals surface area contributed by atoms with E-state index in [1.165, 1.54) is 25.7 Å². The molecule has 1 aliphatic heterocycles. The van der Waals surface area contributed by atoms with Crippen molar-refractivity contribution < 1.29 is 4.79 Å². The third kappa shape index (κ3) is 3.05. The Bertz CT molecular complexity index is 301. The molecule has 2 fully saturated rings. The highest BCUT2D eigenvalue weighted by Gasteiger charge is 2.37. The molecule has 1 saturated heterocycles. The smallest absolute Gasteiger partial charge is 0.237 e. The minimum atomic E-state index is -0.0111. The molecule has 104 valence electrons. The number of amides is 1. The second-order valence-corrected chi connectivity index (χ2v) is 6.89. The third-order valence-corrected chi connectivity index (χ3v) is 4.97. The number of piperidine rings is 1. The van der Waals surface area contributed by atoms with Crippen LogP contribution in [0.4, 0.5) is 0 Å². The maximum Gasteiger partial charge on any atom is 0.237 e. The zero-order chi connectivity index (χ0) is 13.2. The van der Waals surface area contributed by atoms with Gasteiger partial charge in [0.05, 0.1) is 6.04 Å². The van der Waals surface area contributed by atoms with E-state index in [1.807, 2.05) is 0 Å².